The molecule has 2 heterocycles. The normalized spacial score (nSPS) is 15.9. The Morgan fingerprint density at radius 3 is 2.81 bits per heavy atom. The highest BCUT2D eigenvalue weighted by Crippen LogP contribution is 2.23. The Morgan fingerprint density at radius 1 is 1.62 bits per heavy atom. The molecule has 1 amide bonds. The molecule has 1 aromatic rings. The van der Waals surface area contributed by atoms with Crippen LogP contribution in [0.2, 0.25) is 4.34 Å². The van der Waals surface area contributed by atoms with Crippen molar-refractivity contribution in [3.8, 4) is 0 Å². The molecule has 1 aliphatic heterocycles. The van der Waals surface area contributed by atoms with Gasteiger partial charge in [0, 0.05) is 24.5 Å². The van der Waals surface area contributed by atoms with E-state index in [1.54, 1.807) is 11.3 Å². The highest BCUT2D eigenvalue weighted by molar-refractivity contribution is 7.16. The number of carbonyl (C=O) groups excluding carboxylic acids is 1. The van der Waals surface area contributed by atoms with Crippen LogP contribution in [0.3, 0.4) is 0 Å². The second-order valence-electron chi connectivity index (χ2n) is 3.91. The number of nitrogens with zero attached hydrogens (tertiary/aromatic N) is 1. The molecule has 0 saturated carbocycles. The number of hydrogen-bond acceptors (Lipinski definition) is 3. The fourth-order valence-electron chi connectivity index (χ4n) is 1.69. The fourth-order valence-corrected chi connectivity index (χ4v) is 2.80. The van der Waals surface area contributed by atoms with Crippen LogP contribution in [0.15, 0.2) is 12.1 Å². The third-order valence-corrected chi connectivity index (χ3v) is 4.02. The van der Waals surface area contributed by atoms with Crippen LogP contribution >= 0.6 is 22.9 Å². The van der Waals surface area contributed by atoms with Gasteiger partial charge in [-0.2, -0.15) is 0 Å². The molecule has 0 bridgehead atoms. The van der Waals surface area contributed by atoms with Crippen molar-refractivity contribution in [2.45, 2.75) is 13.5 Å². The number of halogens is 1. The molecule has 0 atom stereocenters. The molecule has 0 spiro atoms. The average Bonchev–Trinajstić information content (AvgIpc) is 2.57. The van der Waals surface area contributed by atoms with Gasteiger partial charge in [-0.25, -0.2) is 0 Å². The zero-order valence-electron chi connectivity index (χ0n) is 9.20. The van der Waals surface area contributed by atoms with Crippen molar-refractivity contribution >= 4 is 28.8 Å². The standard InChI is InChI=1S/C11H15ClN2OS/c1-2-14(11(15)8-5-13-6-8)7-9-3-4-10(12)16-9/h3-4,8,13H,2,5-7H2,1H3. The lowest BCUT2D eigenvalue weighted by Gasteiger charge is -2.31. The Morgan fingerprint density at radius 2 is 2.38 bits per heavy atom. The van der Waals surface area contributed by atoms with E-state index in [0.29, 0.717) is 6.54 Å². The van der Waals surface area contributed by atoms with Crippen molar-refractivity contribution in [3.05, 3.63) is 21.3 Å². The van der Waals surface area contributed by atoms with Gasteiger partial charge in [0.1, 0.15) is 0 Å². The number of rotatable bonds is 4. The molecule has 0 aliphatic carbocycles. The van der Waals surface area contributed by atoms with Crippen LogP contribution in [0.1, 0.15) is 11.8 Å². The van der Waals surface area contributed by atoms with Gasteiger partial charge >= 0.3 is 0 Å². The molecule has 0 unspecified atom stereocenters. The van der Waals surface area contributed by atoms with E-state index in [4.69, 9.17) is 11.6 Å². The summed E-state index contributed by atoms with van der Waals surface area (Å²) in [4.78, 5) is 15.1. The van der Waals surface area contributed by atoms with E-state index >= 15 is 0 Å². The van der Waals surface area contributed by atoms with Crippen molar-refractivity contribution in [3.63, 3.8) is 0 Å². The quantitative estimate of drug-likeness (QED) is 0.896. The van der Waals surface area contributed by atoms with Crippen molar-refractivity contribution in [2.75, 3.05) is 19.6 Å². The van der Waals surface area contributed by atoms with Gasteiger partial charge in [-0.3, -0.25) is 4.79 Å². The monoisotopic (exact) mass is 258 g/mol. The molecule has 88 valence electrons. The summed E-state index contributed by atoms with van der Waals surface area (Å²) < 4.78 is 0.781. The van der Waals surface area contributed by atoms with E-state index in [0.717, 1.165) is 28.8 Å². The molecule has 1 aliphatic rings. The lowest BCUT2D eigenvalue weighted by atomic mass is 10.0. The Hall–Kier alpha value is -0.580. The van der Waals surface area contributed by atoms with Crippen LogP contribution in [0.4, 0.5) is 0 Å². The third kappa shape index (κ3) is 2.56. The van der Waals surface area contributed by atoms with Gasteiger partial charge in [0.15, 0.2) is 0 Å². The van der Waals surface area contributed by atoms with Gasteiger partial charge in [0.25, 0.3) is 0 Å². The summed E-state index contributed by atoms with van der Waals surface area (Å²) in [6, 6.07) is 3.87. The predicted molar refractivity (Wildman–Crippen MR) is 66.8 cm³/mol. The number of carbonyl (C=O) groups is 1. The van der Waals surface area contributed by atoms with Crippen molar-refractivity contribution in [2.24, 2.45) is 5.92 Å². The maximum atomic E-state index is 12.0. The summed E-state index contributed by atoms with van der Waals surface area (Å²) in [6.45, 7) is 5.09. The van der Waals surface area contributed by atoms with Gasteiger partial charge in [-0.1, -0.05) is 11.6 Å². The molecule has 1 N–H and O–H groups in total. The van der Waals surface area contributed by atoms with E-state index < -0.39 is 0 Å². The van der Waals surface area contributed by atoms with Crippen LogP contribution in [0.5, 0.6) is 0 Å². The van der Waals surface area contributed by atoms with E-state index in [1.165, 1.54) is 0 Å². The Bertz CT molecular complexity index is 376. The van der Waals surface area contributed by atoms with Crippen LogP contribution in [0, 0.1) is 5.92 Å². The molecule has 0 radical (unpaired) electrons. The van der Waals surface area contributed by atoms with E-state index in [9.17, 15) is 4.79 Å². The summed E-state index contributed by atoms with van der Waals surface area (Å²) in [5.74, 6) is 0.432. The maximum absolute atomic E-state index is 12.0. The van der Waals surface area contributed by atoms with Gasteiger partial charge in [-0.15, -0.1) is 11.3 Å². The largest absolute Gasteiger partial charge is 0.338 e. The molecular formula is C11H15ClN2OS. The molecule has 3 nitrogen and oxygen atoms in total. The first-order chi connectivity index (χ1) is 7.70. The van der Waals surface area contributed by atoms with Crippen LogP contribution in [0.25, 0.3) is 0 Å². The highest BCUT2D eigenvalue weighted by atomic mass is 35.5. The first-order valence-electron chi connectivity index (χ1n) is 5.44. The second kappa shape index (κ2) is 5.17. The molecular weight excluding hydrogens is 244 g/mol. The van der Waals surface area contributed by atoms with Crippen molar-refractivity contribution < 1.29 is 4.79 Å². The Labute approximate surface area is 104 Å². The van der Waals surface area contributed by atoms with Crippen LogP contribution in [-0.4, -0.2) is 30.4 Å². The maximum Gasteiger partial charge on any atom is 0.228 e. The lowest BCUT2D eigenvalue weighted by molar-refractivity contribution is -0.137. The lowest BCUT2D eigenvalue weighted by Crippen LogP contribution is -2.51. The number of amides is 1. The summed E-state index contributed by atoms with van der Waals surface area (Å²) >= 11 is 7.41. The second-order valence-corrected chi connectivity index (χ2v) is 5.71. The fraction of sp³-hybridized carbons (Fsp3) is 0.545. The molecule has 1 saturated heterocycles. The Kier molecular flexibility index (Phi) is 3.84. The molecule has 2 rings (SSSR count). The molecule has 0 aromatic carbocycles. The Balaban J connectivity index is 1.96. The van der Waals surface area contributed by atoms with E-state index in [1.807, 2.05) is 24.0 Å². The third-order valence-electron chi connectivity index (χ3n) is 2.80. The SMILES string of the molecule is CCN(Cc1ccc(Cl)s1)C(=O)C1CNC1. The predicted octanol–water partition coefficient (Wildman–Crippen LogP) is 1.97. The molecule has 5 heteroatoms. The van der Waals surface area contributed by atoms with Gasteiger partial charge in [0.2, 0.25) is 5.91 Å². The number of thiophene rings is 1. The van der Waals surface area contributed by atoms with Crippen LogP contribution in [-0.2, 0) is 11.3 Å². The summed E-state index contributed by atoms with van der Waals surface area (Å²) in [5.41, 5.74) is 0. The highest BCUT2D eigenvalue weighted by Gasteiger charge is 2.28. The minimum absolute atomic E-state index is 0.176. The zero-order valence-corrected chi connectivity index (χ0v) is 10.8. The summed E-state index contributed by atoms with van der Waals surface area (Å²) in [5, 5.41) is 3.12. The van der Waals surface area contributed by atoms with E-state index in [2.05, 4.69) is 5.32 Å². The average molecular weight is 259 g/mol. The van der Waals surface area contributed by atoms with Crippen molar-refractivity contribution in [1.82, 2.24) is 10.2 Å². The summed E-state index contributed by atoms with van der Waals surface area (Å²) in [7, 11) is 0. The zero-order chi connectivity index (χ0) is 11.5. The molecule has 16 heavy (non-hydrogen) atoms. The minimum atomic E-state index is 0.176. The minimum Gasteiger partial charge on any atom is -0.338 e. The smallest absolute Gasteiger partial charge is 0.228 e. The van der Waals surface area contributed by atoms with Gasteiger partial charge in [0.05, 0.1) is 16.8 Å². The molecule has 1 fully saturated rings. The summed E-state index contributed by atoms with van der Waals surface area (Å²) in [6.07, 6.45) is 0. The van der Waals surface area contributed by atoms with Gasteiger partial charge < -0.3 is 10.2 Å². The number of hydrogen-bond donors (Lipinski definition) is 1. The topological polar surface area (TPSA) is 32.3 Å². The first-order valence-corrected chi connectivity index (χ1v) is 6.64. The van der Waals surface area contributed by atoms with Crippen LogP contribution < -0.4 is 5.32 Å². The van der Waals surface area contributed by atoms with E-state index in [-0.39, 0.29) is 11.8 Å². The van der Waals surface area contributed by atoms with Gasteiger partial charge in [-0.05, 0) is 19.1 Å². The van der Waals surface area contributed by atoms with Crippen molar-refractivity contribution in [1.29, 1.82) is 0 Å². The first kappa shape index (κ1) is 11.9. The number of nitrogens with one attached hydrogen (secondary N) is 1. The molecule has 1 aromatic heterocycles.